The number of nitrogens with zero attached hydrogens (tertiary/aromatic N) is 1. The molecule has 1 aromatic rings. The largest absolute Gasteiger partial charge is 0.507 e. The van der Waals surface area contributed by atoms with E-state index in [-0.39, 0.29) is 11.5 Å². The van der Waals surface area contributed by atoms with Crippen molar-refractivity contribution in [2.45, 2.75) is 20.4 Å². The summed E-state index contributed by atoms with van der Waals surface area (Å²) in [6.07, 6.45) is 0. The summed E-state index contributed by atoms with van der Waals surface area (Å²) in [7, 11) is 3.94. The summed E-state index contributed by atoms with van der Waals surface area (Å²) in [6.45, 7) is 4.05. The average Bonchev–Trinajstić information content (AvgIpc) is 2.12. The molecule has 0 saturated heterocycles. The van der Waals surface area contributed by atoms with Crippen LogP contribution in [-0.2, 0) is 6.54 Å². The van der Waals surface area contributed by atoms with Crippen LogP contribution in [0.15, 0.2) is 12.1 Å². The number of ketones is 1. The molecule has 0 saturated carbocycles. The summed E-state index contributed by atoms with van der Waals surface area (Å²) < 4.78 is 0. The van der Waals surface area contributed by atoms with Gasteiger partial charge in [0.15, 0.2) is 5.78 Å². The molecule has 82 valence electrons. The van der Waals surface area contributed by atoms with Crippen molar-refractivity contribution < 1.29 is 9.90 Å². The summed E-state index contributed by atoms with van der Waals surface area (Å²) >= 11 is 0. The SMILES string of the molecule is CC(=O)c1ccc(CN(C)C)c(C)c1O. The fraction of sp³-hybridized carbons (Fsp3) is 0.417. The van der Waals surface area contributed by atoms with Gasteiger partial charge >= 0.3 is 0 Å². The molecule has 0 radical (unpaired) electrons. The van der Waals surface area contributed by atoms with Crippen LogP contribution in [0, 0.1) is 6.92 Å². The first-order valence-electron chi connectivity index (χ1n) is 4.90. The third kappa shape index (κ3) is 2.57. The summed E-state index contributed by atoms with van der Waals surface area (Å²) in [5, 5.41) is 9.82. The Balaban J connectivity index is 3.15. The zero-order valence-corrected chi connectivity index (χ0v) is 9.66. The predicted molar refractivity (Wildman–Crippen MR) is 60.2 cm³/mol. The van der Waals surface area contributed by atoms with E-state index in [1.54, 1.807) is 6.07 Å². The lowest BCUT2D eigenvalue weighted by molar-refractivity contribution is 0.101. The Kier molecular flexibility index (Phi) is 3.48. The Labute approximate surface area is 90.3 Å². The van der Waals surface area contributed by atoms with Gasteiger partial charge in [-0.3, -0.25) is 4.79 Å². The molecule has 1 aromatic carbocycles. The maximum absolute atomic E-state index is 11.2. The number of Topliss-reactive ketones (excluding diaryl/α,β-unsaturated/α-hetero) is 1. The number of carbonyl (C=O) groups is 1. The highest BCUT2D eigenvalue weighted by molar-refractivity contribution is 5.97. The first-order chi connectivity index (χ1) is 6.93. The molecule has 0 amide bonds. The summed E-state index contributed by atoms with van der Waals surface area (Å²) in [5.74, 6) is 0.00820. The number of carbonyl (C=O) groups excluding carboxylic acids is 1. The lowest BCUT2D eigenvalue weighted by atomic mass is 10.0. The van der Waals surface area contributed by atoms with E-state index in [4.69, 9.17) is 0 Å². The van der Waals surface area contributed by atoms with E-state index in [9.17, 15) is 9.90 Å². The lowest BCUT2D eigenvalue weighted by Crippen LogP contribution is -2.12. The van der Waals surface area contributed by atoms with Gasteiger partial charge in [-0.05, 0) is 45.1 Å². The third-order valence-corrected chi connectivity index (χ3v) is 2.41. The maximum atomic E-state index is 11.2. The van der Waals surface area contributed by atoms with Gasteiger partial charge in [0.2, 0.25) is 0 Å². The molecule has 0 heterocycles. The molecule has 0 aliphatic rings. The number of rotatable bonds is 3. The molecule has 0 aliphatic carbocycles. The number of hydrogen-bond donors (Lipinski definition) is 1. The summed E-state index contributed by atoms with van der Waals surface area (Å²) in [4.78, 5) is 13.2. The van der Waals surface area contributed by atoms with E-state index in [2.05, 4.69) is 0 Å². The van der Waals surface area contributed by atoms with Gasteiger partial charge in [0.25, 0.3) is 0 Å². The molecule has 0 spiro atoms. The summed E-state index contributed by atoms with van der Waals surface area (Å²) in [5.41, 5.74) is 2.23. The van der Waals surface area contributed by atoms with E-state index in [0.717, 1.165) is 17.7 Å². The quantitative estimate of drug-likeness (QED) is 0.770. The van der Waals surface area contributed by atoms with Gasteiger partial charge in [-0.25, -0.2) is 0 Å². The van der Waals surface area contributed by atoms with E-state index in [0.29, 0.717) is 5.56 Å². The second kappa shape index (κ2) is 4.45. The topological polar surface area (TPSA) is 40.5 Å². The van der Waals surface area contributed by atoms with Gasteiger partial charge in [-0.2, -0.15) is 0 Å². The third-order valence-electron chi connectivity index (χ3n) is 2.41. The molecule has 0 aromatic heterocycles. The number of benzene rings is 1. The Bertz CT molecular complexity index is 383. The normalized spacial score (nSPS) is 10.7. The number of phenols is 1. The van der Waals surface area contributed by atoms with Gasteiger partial charge in [-0.15, -0.1) is 0 Å². The Morgan fingerprint density at radius 1 is 1.40 bits per heavy atom. The molecule has 1 rings (SSSR count). The van der Waals surface area contributed by atoms with Gasteiger partial charge < -0.3 is 10.0 Å². The first kappa shape index (κ1) is 11.7. The van der Waals surface area contributed by atoms with Crippen LogP contribution in [-0.4, -0.2) is 29.9 Å². The molecule has 1 N–H and O–H groups in total. The second-order valence-electron chi connectivity index (χ2n) is 4.04. The van der Waals surface area contributed by atoms with Crippen molar-refractivity contribution in [1.82, 2.24) is 4.90 Å². The molecule has 0 aliphatic heterocycles. The van der Waals surface area contributed by atoms with Crippen molar-refractivity contribution in [3.05, 3.63) is 28.8 Å². The average molecular weight is 207 g/mol. The molecular weight excluding hydrogens is 190 g/mol. The first-order valence-corrected chi connectivity index (χ1v) is 4.90. The smallest absolute Gasteiger partial charge is 0.163 e. The van der Waals surface area contributed by atoms with Crippen LogP contribution in [0.5, 0.6) is 5.75 Å². The van der Waals surface area contributed by atoms with E-state index in [1.807, 2.05) is 32.0 Å². The lowest BCUT2D eigenvalue weighted by Gasteiger charge is -2.14. The molecule has 3 nitrogen and oxygen atoms in total. The molecule has 0 atom stereocenters. The highest BCUT2D eigenvalue weighted by Gasteiger charge is 2.12. The highest BCUT2D eigenvalue weighted by atomic mass is 16.3. The van der Waals surface area contributed by atoms with Crippen LogP contribution in [0.2, 0.25) is 0 Å². The number of phenolic OH excluding ortho intramolecular Hbond substituents is 1. The Morgan fingerprint density at radius 3 is 2.47 bits per heavy atom. The molecule has 0 unspecified atom stereocenters. The Morgan fingerprint density at radius 2 is 2.00 bits per heavy atom. The summed E-state index contributed by atoms with van der Waals surface area (Å²) in [6, 6.07) is 3.58. The Hall–Kier alpha value is -1.35. The van der Waals surface area contributed by atoms with Crippen LogP contribution in [0.25, 0.3) is 0 Å². The van der Waals surface area contributed by atoms with Crippen molar-refractivity contribution in [2.24, 2.45) is 0 Å². The van der Waals surface area contributed by atoms with Crippen LogP contribution >= 0.6 is 0 Å². The van der Waals surface area contributed by atoms with Gasteiger partial charge in [-0.1, -0.05) is 6.07 Å². The van der Waals surface area contributed by atoms with E-state index < -0.39 is 0 Å². The van der Waals surface area contributed by atoms with Gasteiger partial charge in [0.1, 0.15) is 5.75 Å². The zero-order valence-electron chi connectivity index (χ0n) is 9.66. The van der Waals surface area contributed by atoms with E-state index >= 15 is 0 Å². The van der Waals surface area contributed by atoms with Crippen molar-refractivity contribution >= 4 is 5.78 Å². The maximum Gasteiger partial charge on any atom is 0.163 e. The van der Waals surface area contributed by atoms with Crippen molar-refractivity contribution in [3.8, 4) is 5.75 Å². The number of hydrogen-bond acceptors (Lipinski definition) is 3. The molecule has 3 heteroatoms. The van der Waals surface area contributed by atoms with Crippen molar-refractivity contribution in [1.29, 1.82) is 0 Å². The predicted octanol–water partition coefficient (Wildman–Crippen LogP) is 1.96. The van der Waals surface area contributed by atoms with Crippen molar-refractivity contribution in [3.63, 3.8) is 0 Å². The standard InChI is InChI=1S/C12H17NO2/c1-8-10(7-13(3)4)5-6-11(9(2)14)12(8)15/h5-6,15H,7H2,1-4H3. The molecule has 0 bridgehead atoms. The molecular formula is C12H17NO2. The van der Waals surface area contributed by atoms with Crippen molar-refractivity contribution in [2.75, 3.05) is 14.1 Å². The van der Waals surface area contributed by atoms with Crippen LogP contribution in [0.1, 0.15) is 28.4 Å². The van der Waals surface area contributed by atoms with Crippen LogP contribution in [0.3, 0.4) is 0 Å². The van der Waals surface area contributed by atoms with Crippen LogP contribution < -0.4 is 0 Å². The van der Waals surface area contributed by atoms with Crippen LogP contribution in [0.4, 0.5) is 0 Å². The fourth-order valence-corrected chi connectivity index (χ4v) is 1.54. The highest BCUT2D eigenvalue weighted by Crippen LogP contribution is 2.26. The minimum atomic E-state index is -0.105. The second-order valence-corrected chi connectivity index (χ2v) is 4.04. The van der Waals surface area contributed by atoms with Gasteiger partial charge in [0, 0.05) is 6.54 Å². The molecule has 0 fully saturated rings. The minimum absolute atomic E-state index is 0.105. The zero-order chi connectivity index (χ0) is 11.6. The van der Waals surface area contributed by atoms with E-state index in [1.165, 1.54) is 6.92 Å². The number of aromatic hydroxyl groups is 1. The molecule has 15 heavy (non-hydrogen) atoms. The fourth-order valence-electron chi connectivity index (χ4n) is 1.54. The monoisotopic (exact) mass is 207 g/mol. The minimum Gasteiger partial charge on any atom is -0.507 e. The van der Waals surface area contributed by atoms with Gasteiger partial charge in [0.05, 0.1) is 5.56 Å².